The van der Waals surface area contributed by atoms with Crippen LogP contribution >= 0.6 is 22.7 Å². The Kier molecular flexibility index (Phi) is 4.37. The number of nitrogens with zero attached hydrogens (tertiary/aromatic N) is 4. The van der Waals surface area contributed by atoms with Gasteiger partial charge in [-0.3, -0.25) is 4.79 Å². The van der Waals surface area contributed by atoms with E-state index >= 15 is 0 Å². The van der Waals surface area contributed by atoms with Gasteiger partial charge in [-0.25, -0.2) is 9.97 Å². The molecule has 7 nitrogen and oxygen atoms in total. The first-order chi connectivity index (χ1) is 13.7. The van der Waals surface area contributed by atoms with Gasteiger partial charge in [-0.1, -0.05) is 17.4 Å². The molecule has 0 bridgehead atoms. The van der Waals surface area contributed by atoms with Crippen LogP contribution < -0.4 is 15.0 Å². The highest BCUT2D eigenvalue weighted by Crippen LogP contribution is 2.35. The average molecular weight is 412 g/mol. The minimum absolute atomic E-state index is 0.0127. The van der Waals surface area contributed by atoms with Crippen molar-refractivity contribution in [2.24, 2.45) is 5.92 Å². The Hall–Kier alpha value is -2.70. The van der Waals surface area contributed by atoms with Crippen molar-refractivity contribution in [1.82, 2.24) is 15.3 Å². The topological polar surface area (TPSA) is 91.1 Å². The van der Waals surface area contributed by atoms with Gasteiger partial charge in [0.25, 0.3) is 0 Å². The highest BCUT2D eigenvalue weighted by molar-refractivity contribution is 7.16. The monoisotopic (exact) mass is 411 g/mol. The largest absolute Gasteiger partial charge is 0.488 e. The number of hydrogen-bond donors (Lipinski definition) is 1. The number of nitrogens with one attached hydrogen (secondary N) is 1. The summed E-state index contributed by atoms with van der Waals surface area (Å²) in [6.45, 7) is 1.48. The van der Waals surface area contributed by atoms with Crippen LogP contribution in [0.4, 0.5) is 5.13 Å². The normalized spacial score (nSPS) is 21.6. The summed E-state index contributed by atoms with van der Waals surface area (Å²) in [5, 5.41) is 12.8. The number of para-hydroxylation sites is 1. The number of anilines is 1. The summed E-state index contributed by atoms with van der Waals surface area (Å²) in [6, 6.07) is 8.19. The fourth-order valence-electron chi connectivity index (χ4n) is 3.52. The summed E-state index contributed by atoms with van der Waals surface area (Å²) in [5.41, 5.74) is 2.72. The molecule has 0 atom stereocenters. The fourth-order valence-corrected chi connectivity index (χ4v) is 4.94. The molecule has 1 amide bonds. The van der Waals surface area contributed by atoms with E-state index < -0.39 is 0 Å². The van der Waals surface area contributed by atoms with Gasteiger partial charge in [-0.2, -0.15) is 5.26 Å². The Morgan fingerprint density at radius 2 is 2.18 bits per heavy atom. The summed E-state index contributed by atoms with van der Waals surface area (Å²) < 4.78 is 7.17. The molecule has 3 aromatic rings. The van der Waals surface area contributed by atoms with Crippen LogP contribution in [-0.4, -0.2) is 41.1 Å². The second-order valence-electron chi connectivity index (χ2n) is 7.09. The van der Waals surface area contributed by atoms with E-state index in [1.807, 2.05) is 23.7 Å². The number of ether oxygens (including phenoxy) is 1. The Balaban J connectivity index is 1.08. The number of nitriles is 1. The van der Waals surface area contributed by atoms with Gasteiger partial charge in [0, 0.05) is 19.0 Å². The third kappa shape index (κ3) is 3.19. The van der Waals surface area contributed by atoms with Crippen LogP contribution in [0, 0.1) is 17.2 Å². The van der Waals surface area contributed by atoms with Gasteiger partial charge in [0.05, 0.1) is 22.4 Å². The minimum Gasteiger partial charge on any atom is -0.488 e. The molecule has 1 aliphatic heterocycles. The Morgan fingerprint density at radius 1 is 1.32 bits per heavy atom. The Bertz CT molecular complexity index is 1060. The fraction of sp³-hybridized carbons (Fsp3) is 0.368. The Morgan fingerprint density at radius 3 is 2.96 bits per heavy atom. The van der Waals surface area contributed by atoms with Crippen LogP contribution in [0.1, 0.15) is 17.7 Å². The molecule has 0 radical (unpaired) electrons. The summed E-state index contributed by atoms with van der Waals surface area (Å²) in [7, 11) is 0. The third-order valence-corrected chi connectivity index (χ3v) is 6.94. The number of aromatic nitrogens is 2. The number of carbonyl (C=O) groups is 1. The van der Waals surface area contributed by atoms with E-state index in [1.165, 1.54) is 11.3 Å². The predicted molar refractivity (Wildman–Crippen MR) is 108 cm³/mol. The molecular formula is C19H17N5O2S2. The second-order valence-corrected chi connectivity index (χ2v) is 8.99. The lowest BCUT2D eigenvalue weighted by Crippen LogP contribution is -2.61. The quantitative estimate of drug-likeness (QED) is 0.694. The standard InChI is InChI=1S/C19H17N5O2S2/c20-6-14-7-21-19(28-14)24-8-12(9-24)23-18(25)11-4-13(5-11)26-15-2-1-3-16-17(15)22-10-27-16/h1-3,7,10-13H,4-5,8-9H2,(H,23,25)/t11-,13-. The predicted octanol–water partition coefficient (Wildman–Crippen LogP) is 2.79. The van der Waals surface area contributed by atoms with Crippen molar-refractivity contribution < 1.29 is 9.53 Å². The molecule has 2 aromatic heterocycles. The molecule has 3 heterocycles. The number of rotatable bonds is 5. The molecule has 5 rings (SSSR count). The van der Waals surface area contributed by atoms with Crippen molar-refractivity contribution in [3.63, 3.8) is 0 Å². The van der Waals surface area contributed by atoms with E-state index in [0.717, 1.165) is 47.0 Å². The van der Waals surface area contributed by atoms with Crippen LogP contribution in [0.2, 0.25) is 0 Å². The number of fused-ring (bicyclic) bond motifs is 1. The molecule has 0 spiro atoms. The lowest BCUT2D eigenvalue weighted by atomic mass is 9.81. The SMILES string of the molecule is N#Cc1cnc(N2CC(NC(=O)[C@H]3C[C@H](Oc4cccc5scnc45)C3)C2)s1. The van der Waals surface area contributed by atoms with E-state index in [2.05, 4.69) is 26.3 Å². The van der Waals surface area contributed by atoms with E-state index in [4.69, 9.17) is 10.00 Å². The van der Waals surface area contributed by atoms with Crippen molar-refractivity contribution in [2.45, 2.75) is 25.0 Å². The zero-order valence-electron chi connectivity index (χ0n) is 14.9. The maximum Gasteiger partial charge on any atom is 0.223 e. The van der Waals surface area contributed by atoms with Crippen molar-refractivity contribution >= 4 is 43.9 Å². The van der Waals surface area contributed by atoms with E-state index in [-0.39, 0.29) is 24.0 Å². The first-order valence-corrected chi connectivity index (χ1v) is 10.8. The molecule has 1 aromatic carbocycles. The number of thiazole rings is 2. The number of hydrogen-bond acceptors (Lipinski definition) is 8. The first kappa shape index (κ1) is 17.4. The van der Waals surface area contributed by atoms with Crippen LogP contribution in [0.3, 0.4) is 0 Å². The molecule has 2 fully saturated rings. The zero-order valence-corrected chi connectivity index (χ0v) is 16.5. The van der Waals surface area contributed by atoms with Crippen LogP contribution in [0.5, 0.6) is 5.75 Å². The van der Waals surface area contributed by atoms with E-state index in [9.17, 15) is 4.79 Å². The molecule has 1 aliphatic carbocycles. The summed E-state index contributed by atoms with van der Waals surface area (Å²) in [6.07, 6.45) is 3.13. The lowest BCUT2D eigenvalue weighted by molar-refractivity contribution is -0.131. The smallest absolute Gasteiger partial charge is 0.223 e. The molecule has 9 heteroatoms. The molecule has 28 heavy (non-hydrogen) atoms. The van der Waals surface area contributed by atoms with Crippen LogP contribution in [-0.2, 0) is 4.79 Å². The maximum absolute atomic E-state index is 12.4. The number of carbonyl (C=O) groups excluding carboxylic acids is 1. The van der Waals surface area contributed by atoms with Crippen molar-refractivity contribution in [3.8, 4) is 11.8 Å². The minimum atomic E-state index is 0.0127. The van der Waals surface area contributed by atoms with Gasteiger partial charge in [-0.15, -0.1) is 11.3 Å². The highest BCUT2D eigenvalue weighted by Gasteiger charge is 2.39. The van der Waals surface area contributed by atoms with Crippen molar-refractivity contribution in [2.75, 3.05) is 18.0 Å². The van der Waals surface area contributed by atoms with Gasteiger partial charge >= 0.3 is 0 Å². The Labute approximate surface area is 169 Å². The van der Waals surface area contributed by atoms with Crippen molar-refractivity contribution in [1.29, 1.82) is 5.26 Å². The molecule has 2 aliphatic rings. The number of amides is 1. The lowest BCUT2D eigenvalue weighted by Gasteiger charge is -2.41. The van der Waals surface area contributed by atoms with E-state index in [0.29, 0.717) is 4.88 Å². The van der Waals surface area contributed by atoms with E-state index in [1.54, 1.807) is 17.5 Å². The van der Waals surface area contributed by atoms with Crippen molar-refractivity contribution in [3.05, 3.63) is 34.8 Å². The van der Waals surface area contributed by atoms with Crippen LogP contribution in [0.15, 0.2) is 29.9 Å². The zero-order chi connectivity index (χ0) is 19.1. The summed E-state index contributed by atoms with van der Waals surface area (Å²) >= 11 is 2.98. The summed E-state index contributed by atoms with van der Waals surface area (Å²) in [5.74, 6) is 0.921. The number of benzene rings is 1. The molecule has 1 N–H and O–H groups in total. The van der Waals surface area contributed by atoms with Gasteiger partial charge in [0.15, 0.2) is 5.13 Å². The third-order valence-electron chi connectivity index (χ3n) is 5.18. The molecule has 0 unspecified atom stereocenters. The van der Waals surface area contributed by atoms with Gasteiger partial charge < -0.3 is 15.0 Å². The van der Waals surface area contributed by atoms with Gasteiger partial charge in [0.2, 0.25) is 5.91 Å². The van der Waals surface area contributed by atoms with Gasteiger partial charge in [-0.05, 0) is 25.0 Å². The summed E-state index contributed by atoms with van der Waals surface area (Å²) in [4.78, 5) is 23.7. The molecule has 142 valence electrons. The van der Waals surface area contributed by atoms with Crippen LogP contribution in [0.25, 0.3) is 10.2 Å². The molecule has 1 saturated heterocycles. The van der Waals surface area contributed by atoms with Gasteiger partial charge in [0.1, 0.15) is 28.3 Å². The molecular weight excluding hydrogens is 394 g/mol. The molecule has 1 saturated carbocycles. The highest BCUT2D eigenvalue weighted by atomic mass is 32.1. The maximum atomic E-state index is 12.4. The second kappa shape index (κ2) is 7.04. The average Bonchev–Trinajstić information content (AvgIpc) is 3.29. The first-order valence-electron chi connectivity index (χ1n) is 9.09.